The Labute approximate surface area is 213 Å². The minimum absolute atomic E-state index is 0.000662. The normalized spacial score (nSPS) is 14.1. The number of ketones is 1. The SMILES string of the molecule is CCCCc1c(C)cc(Cc2cc(C)c(NC(C)C3=CC(=O)CC#C3)c(C(C)C)c2)cc1C(C)C. The Morgan fingerprint density at radius 2 is 1.54 bits per heavy atom. The number of rotatable bonds is 10. The summed E-state index contributed by atoms with van der Waals surface area (Å²) in [6.07, 6.45) is 6.63. The molecule has 0 saturated carbocycles. The van der Waals surface area contributed by atoms with Gasteiger partial charge >= 0.3 is 0 Å². The number of benzene rings is 2. The van der Waals surface area contributed by atoms with Gasteiger partial charge in [0.05, 0.1) is 12.5 Å². The number of allylic oxidation sites excluding steroid dienone is 1. The van der Waals surface area contributed by atoms with Crippen LogP contribution in [-0.4, -0.2) is 11.8 Å². The van der Waals surface area contributed by atoms with Crippen LogP contribution in [0, 0.1) is 25.7 Å². The molecule has 2 heteroatoms. The van der Waals surface area contributed by atoms with Crippen molar-refractivity contribution in [3.8, 4) is 11.8 Å². The molecule has 0 heterocycles. The van der Waals surface area contributed by atoms with E-state index in [9.17, 15) is 4.79 Å². The van der Waals surface area contributed by atoms with E-state index in [4.69, 9.17) is 0 Å². The van der Waals surface area contributed by atoms with Crippen molar-refractivity contribution in [3.63, 3.8) is 0 Å². The van der Waals surface area contributed by atoms with Crippen LogP contribution in [0.2, 0.25) is 0 Å². The summed E-state index contributed by atoms with van der Waals surface area (Å²) in [5, 5.41) is 3.68. The maximum atomic E-state index is 11.8. The third-order valence-corrected chi connectivity index (χ3v) is 7.06. The number of aryl methyl sites for hydroxylation is 2. The van der Waals surface area contributed by atoms with Crippen molar-refractivity contribution in [2.75, 3.05) is 5.32 Å². The van der Waals surface area contributed by atoms with Gasteiger partial charge in [0.25, 0.3) is 0 Å². The first-order chi connectivity index (χ1) is 16.6. The fourth-order valence-electron chi connectivity index (χ4n) is 5.14. The molecule has 1 aliphatic carbocycles. The predicted octanol–water partition coefficient (Wildman–Crippen LogP) is 8.19. The highest BCUT2D eigenvalue weighted by molar-refractivity contribution is 5.94. The van der Waals surface area contributed by atoms with Crippen molar-refractivity contribution < 1.29 is 4.79 Å². The summed E-state index contributed by atoms with van der Waals surface area (Å²) in [4.78, 5) is 11.8. The highest BCUT2D eigenvalue weighted by Gasteiger charge is 2.18. The van der Waals surface area contributed by atoms with Crippen LogP contribution < -0.4 is 5.32 Å². The molecule has 0 spiro atoms. The number of carbonyl (C=O) groups is 1. The molecule has 2 aromatic rings. The summed E-state index contributed by atoms with van der Waals surface area (Å²) >= 11 is 0. The Hall–Kier alpha value is -2.79. The fraction of sp³-hybridized carbons (Fsp3) is 0.485. The summed E-state index contributed by atoms with van der Waals surface area (Å²) in [6, 6.07) is 9.55. The number of unbranched alkanes of at least 4 members (excludes halogenated alkanes) is 1. The van der Waals surface area contributed by atoms with E-state index >= 15 is 0 Å². The van der Waals surface area contributed by atoms with Crippen LogP contribution in [0.4, 0.5) is 5.69 Å². The molecule has 0 fully saturated rings. The summed E-state index contributed by atoms with van der Waals surface area (Å²) in [7, 11) is 0. The first-order valence-electron chi connectivity index (χ1n) is 13.4. The molecule has 1 atom stereocenters. The molecule has 2 nitrogen and oxygen atoms in total. The summed E-state index contributed by atoms with van der Waals surface area (Å²) in [5.41, 5.74) is 11.9. The second kappa shape index (κ2) is 11.8. The Bertz CT molecular complexity index is 1170. The van der Waals surface area contributed by atoms with Gasteiger partial charge < -0.3 is 5.32 Å². The lowest BCUT2D eigenvalue weighted by atomic mass is 9.86. The van der Waals surface area contributed by atoms with Crippen molar-refractivity contribution in [2.45, 2.75) is 105 Å². The first kappa shape index (κ1) is 26.8. The quantitative estimate of drug-likeness (QED) is 0.355. The number of carbonyl (C=O) groups excluding carboxylic acids is 1. The zero-order valence-corrected chi connectivity index (χ0v) is 23.1. The molecule has 1 N–H and O–H groups in total. The standard InChI is InChI=1S/C33H43NO/c1-9-10-14-30-23(6)15-26(18-31(30)21(2)3)17-27-16-24(7)33(32(19-27)22(4)5)34-25(8)28-12-11-13-29(35)20-28/h15-16,18-22,25,34H,9-10,13-14,17H2,1-8H3. The van der Waals surface area contributed by atoms with Gasteiger partial charge in [0.2, 0.25) is 0 Å². The molecule has 186 valence electrons. The maximum absolute atomic E-state index is 11.8. The van der Waals surface area contributed by atoms with Gasteiger partial charge in [0.15, 0.2) is 5.78 Å². The molecular formula is C33H43NO. The molecule has 1 aliphatic rings. The van der Waals surface area contributed by atoms with Gasteiger partial charge in [0.1, 0.15) is 0 Å². The van der Waals surface area contributed by atoms with Gasteiger partial charge in [-0.25, -0.2) is 0 Å². The van der Waals surface area contributed by atoms with E-state index in [1.165, 1.54) is 58.3 Å². The van der Waals surface area contributed by atoms with Crippen molar-refractivity contribution >= 4 is 11.5 Å². The highest BCUT2D eigenvalue weighted by Crippen LogP contribution is 2.33. The van der Waals surface area contributed by atoms with E-state index in [1.54, 1.807) is 11.6 Å². The van der Waals surface area contributed by atoms with E-state index in [2.05, 4.69) is 96.8 Å². The minimum atomic E-state index is 0.000662. The Morgan fingerprint density at radius 1 is 0.914 bits per heavy atom. The minimum Gasteiger partial charge on any atom is -0.377 e. The molecule has 0 amide bonds. The van der Waals surface area contributed by atoms with Crippen LogP contribution in [0.15, 0.2) is 35.9 Å². The van der Waals surface area contributed by atoms with Gasteiger partial charge in [-0.3, -0.25) is 4.79 Å². The lowest BCUT2D eigenvalue weighted by Gasteiger charge is -2.24. The zero-order chi connectivity index (χ0) is 25.7. The number of hydrogen-bond donors (Lipinski definition) is 1. The molecule has 0 aliphatic heterocycles. The van der Waals surface area contributed by atoms with Crippen LogP contribution in [0.25, 0.3) is 0 Å². The second-order valence-electron chi connectivity index (χ2n) is 10.9. The molecule has 0 radical (unpaired) electrons. The smallest absolute Gasteiger partial charge is 0.168 e. The van der Waals surface area contributed by atoms with Gasteiger partial charge in [-0.1, -0.05) is 77.1 Å². The molecule has 0 saturated heterocycles. The lowest BCUT2D eigenvalue weighted by molar-refractivity contribution is -0.113. The molecule has 0 bridgehead atoms. The van der Waals surface area contributed by atoms with Crippen LogP contribution in [-0.2, 0) is 17.6 Å². The fourth-order valence-corrected chi connectivity index (χ4v) is 5.14. The van der Waals surface area contributed by atoms with Gasteiger partial charge in [-0.2, -0.15) is 0 Å². The third kappa shape index (κ3) is 6.66. The number of hydrogen-bond acceptors (Lipinski definition) is 2. The van der Waals surface area contributed by atoms with Crippen LogP contribution >= 0.6 is 0 Å². The molecule has 35 heavy (non-hydrogen) atoms. The van der Waals surface area contributed by atoms with E-state index in [-0.39, 0.29) is 11.8 Å². The topological polar surface area (TPSA) is 29.1 Å². The molecule has 2 aromatic carbocycles. The maximum Gasteiger partial charge on any atom is 0.168 e. The van der Waals surface area contributed by atoms with Crippen LogP contribution in [0.1, 0.15) is 112 Å². The lowest BCUT2D eigenvalue weighted by Crippen LogP contribution is -2.21. The van der Waals surface area contributed by atoms with Crippen LogP contribution in [0.3, 0.4) is 0 Å². The van der Waals surface area contributed by atoms with E-state index in [1.807, 2.05) is 0 Å². The monoisotopic (exact) mass is 469 g/mol. The largest absolute Gasteiger partial charge is 0.377 e. The Morgan fingerprint density at radius 3 is 2.14 bits per heavy atom. The predicted molar refractivity (Wildman–Crippen MR) is 151 cm³/mol. The van der Waals surface area contributed by atoms with E-state index in [0.717, 1.165) is 12.0 Å². The Kier molecular flexibility index (Phi) is 9.01. The zero-order valence-electron chi connectivity index (χ0n) is 23.1. The molecule has 1 unspecified atom stereocenters. The first-order valence-corrected chi connectivity index (χ1v) is 13.4. The second-order valence-corrected chi connectivity index (χ2v) is 10.9. The van der Waals surface area contributed by atoms with Crippen LogP contribution in [0.5, 0.6) is 0 Å². The summed E-state index contributed by atoms with van der Waals surface area (Å²) in [5.74, 6) is 7.13. The van der Waals surface area contributed by atoms with E-state index in [0.29, 0.717) is 18.3 Å². The average Bonchev–Trinajstić information content (AvgIpc) is 2.79. The Balaban J connectivity index is 1.92. The summed E-state index contributed by atoms with van der Waals surface area (Å²) in [6.45, 7) is 18.0. The average molecular weight is 470 g/mol. The molecular weight excluding hydrogens is 426 g/mol. The third-order valence-electron chi connectivity index (χ3n) is 7.06. The molecule has 0 aromatic heterocycles. The summed E-state index contributed by atoms with van der Waals surface area (Å²) < 4.78 is 0. The van der Waals surface area contributed by atoms with Crippen molar-refractivity contribution in [3.05, 3.63) is 74.9 Å². The van der Waals surface area contributed by atoms with Gasteiger partial charge in [0, 0.05) is 11.3 Å². The van der Waals surface area contributed by atoms with E-state index < -0.39 is 0 Å². The van der Waals surface area contributed by atoms with Gasteiger partial charge in [-0.05, 0) is 96.9 Å². The highest BCUT2D eigenvalue weighted by atomic mass is 16.1. The van der Waals surface area contributed by atoms with Crippen molar-refractivity contribution in [1.29, 1.82) is 0 Å². The van der Waals surface area contributed by atoms with Gasteiger partial charge in [-0.15, -0.1) is 0 Å². The number of nitrogens with one attached hydrogen (secondary N) is 1. The van der Waals surface area contributed by atoms with Crippen molar-refractivity contribution in [1.82, 2.24) is 0 Å². The van der Waals surface area contributed by atoms with Crippen molar-refractivity contribution in [2.24, 2.45) is 0 Å². The number of anilines is 1. The molecule has 3 rings (SSSR count).